The van der Waals surface area contributed by atoms with E-state index in [1.54, 1.807) is 12.1 Å². The van der Waals surface area contributed by atoms with Gasteiger partial charge in [0.1, 0.15) is 23.1 Å². The summed E-state index contributed by atoms with van der Waals surface area (Å²) in [5, 5.41) is 9.91. The van der Waals surface area contributed by atoms with E-state index in [9.17, 15) is 14.3 Å². The van der Waals surface area contributed by atoms with Crippen LogP contribution in [0.5, 0.6) is 23.1 Å². The topological polar surface area (TPSA) is 71.5 Å². The summed E-state index contributed by atoms with van der Waals surface area (Å²) in [7, 11) is 0. The summed E-state index contributed by atoms with van der Waals surface area (Å²) in [6.07, 6.45) is 5.80. The fourth-order valence-corrected chi connectivity index (χ4v) is 4.76. The Balaban J connectivity index is 1.25. The Morgan fingerprint density at radius 3 is 2.50 bits per heavy atom. The highest BCUT2D eigenvalue weighted by atomic mass is 32.1. The van der Waals surface area contributed by atoms with Crippen LogP contribution in [-0.4, -0.2) is 16.7 Å². The van der Waals surface area contributed by atoms with Crippen molar-refractivity contribution >= 4 is 11.3 Å². The number of aryl methyl sites for hydroxylation is 2. The number of unbranched alkanes of at least 4 members (excludes halogenated alkanes) is 2. The van der Waals surface area contributed by atoms with Gasteiger partial charge in [0.25, 0.3) is 0 Å². The largest absolute Gasteiger partial charge is 0.493 e. The van der Waals surface area contributed by atoms with Crippen LogP contribution in [0.1, 0.15) is 43.7 Å². The van der Waals surface area contributed by atoms with E-state index < -0.39 is 0 Å². The zero-order valence-electron chi connectivity index (χ0n) is 20.3. The molecule has 0 amide bonds. The second kappa shape index (κ2) is 12.4. The number of H-pyrrole nitrogens is 1. The number of hydrogen-bond acceptors (Lipinski definition) is 5. The minimum absolute atomic E-state index is 0.0724. The normalized spacial score (nSPS) is 10.9. The molecular formula is C29H30FNO4S. The van der Waals surface area contributed by atoms with Gasteiger partial charge in [0.15, 0.2) is 0 Å². The number of thiazole rings is 1. The Morgan fingerprint density at radius 2 is 1.75 bits per heavy atom. The van der Waals surface area contributed by atoms with Crippen molar-refractivity contribution in [1.29, 1.82) is 0 Å². The molecule has 0 aliphatic carbocycles. The van der Waals surface area contributed by atoms with Crippen molar-refractivity contribution in [3.8, 4) is 33.6 Å². The third kappa shape index (κ3) is 6.98. The summed E-state index contributed by atoms with van der Waals surface area (Å²) in [4.78, 5) is 14.2. The number of aromatic hydroxyl groups is 1. The van der Waals surface area contributed by atoms with Crippen molar-refractivity contribution in [2.45, 2.75) is 45.4 Å². The molecule has 0 fully saturated rings. The number of aromatic amines is 1. The zero-order chi connectivity index (χ0) is 25.3. The maximum absolute atomic E-state index is 13.1. The van der Waals surface area contributed by atoms with Crippen LogP contribution >= 0.6 is 11.3 Å². The molecule has 0 saturated carbocycles. The van der Waals surface area contributed by atoms with E-state index in [1.807, 2.05) is 36.4 Å². The zero-order valence-corrected chi connectivity index (χ0v) is 21.1. The van der Waals surface area contributed by atoms with Crippen LogP contribution in [-0.2, 0) is 12.8 Å². The first-order valence-electron chi connectivity index (χ1n) is 12.2. The van der Waals surface area contributed by atoms with Crippen LogP contribution in [0.25, 0.3) is 10.4 Å². The third-order valence-electron chi connectivity index (χ3n) is 5.79. The Morgan fingerprint density at radius 1 is 0.944 bits per heavy atom. The highest BCUT2D eigenvalue weighted by molar-refractivity contribution is 7.13. The summed E-state index contributed by atoms with van der Waals surface area (Å²) >= 11 is 1.02. The van der Waals surface area contributed by atoms with Gasteiger partial charge in [0.2, 0.25) is 5.88 Å². The lowest BCUT2D eigenvalue weighted by molar-refractivity contribution is 0.301. The van der Waals surface area contributed by atoms with Gasteiger partial charge in [-0.25, -0.2) is 4.39 Å². The molecule has 4 aromatic rings. The Hall–Kier alpha value is -3.58. The first kappa shape index (κ1) is 25.5. The first-order valence-corrected chi connectivity index (χ1v) is 13.0. The second-order valence-electron chi connectivity index (χ2n) is 8.63. The molecule has 0 aliphatic heterocycles. The molecular weight excluding hydrogens is 477 g/mol. The van der Waals surface area contributed by atoms with Gasteiger partial charge in [0.05, 0.1) is 11.5 Å². The fraction of sp³-hybridized carbons (Fsp3) is 0.276. The highest BCUT2D eigenvalue weighted by Gasteiger charge is 2.10. The van der Waals surface area contributed by atoms with Gasteiger partial charge in [-0.2, -0.15) is 0 Å². The quantitative estimate of drug-likeness (QED) is 0.195. The monoisotopic (exact) mass is 507 g/mol. The van der Waals surface area contributed by atoms with Gasteiger partial charge >= 0.3 is 4.87 Å². The number of ether oxygens (including phenoxy) is 2. The molecule has 0 radical (unpaired) electrons. The lowest BCUT2D eigenvalue weighted by atomic mass is 10.0. The molecule has 0 spiro atoms. The molecule has 0 unspecified atom stereocenters. The molecule has 4 rings (SSSR count). The second-order valence-corrected chi connectivity index (χ2v) is 9.61. The average molecular weight is 508 g/mol. The smallest absolute Gasteiger partial charge is 0.307 e. The Labute approximate surface area is 214 Å². The molecule has 0 aliphatic rings. The molecule has 0 bridgehead atoms. The maximum atomic E-state index is 13.1. The van der Waals surface area contributed by atoms with E-state index in [2.05, 4.69) is 18.0 Å². The molecule has 5 nitrogen and oxygen atoms in total. The average Bonchev–Trinajstić information content (AvgIpc) is 3.22. The molecule has 2 N–H and O–H groups in total. The van der Waals surface area contributed by atoms with Crippen molar-refractivity contribution < 1.29 is 19.0 Å². The van der Waals surface area contributed by atoms with Crippen LogP contribution in [0.3, 0.4) is 0 Å². The van der Waals surface area contributed by atoms with Crippen molar-refractivity contribution in [3.05, 3.63) is 93.3 Å². The fourth-order valence-electron chi connectivity index (χ4n) is 4.04. The third-order valence-corrected chi connectivity index (χ3v) is 6.71. The summed E-state index contributed by atoms with van der Waals surface area (Å²) in [5.74, 6) is 1.82. The van der Waals surface area contributed by atoms with Crippen molar-refractivity contribution in [2.24, 2.45) is 0 Å². The van der Waals surface area contributed by atoms with E-state index in [1.165, 1.54) is 17.7 Å². The Bertz CT molecular complexity index is 1330. The number of nitrogens with one attached hydrogen (secondary N) is 1. The molecule has 188 valence electrons. The Kier molecular flexibility index (Phi) is 8.79. The first-order chi connectivity index (χ1) is 17.5. The van der Waals surface area contributed by atoms with Gasteiger partial charge in [-0.1, -0.05) is 48.9 Å². The van der Waals surface area contributed by atoms with Gasteiger partial charge in [0, 0.05) is 0 Å². The molecule has 36 heavy (non-hydrogen) atoms. The molecule has 0 atom stereocenters. The molecule has 7 heteroatoms. The molecule has 1 heterocycles. The number of aromatic nitrogens is 1. The minimum Gasteiger partial charge on any atom is -0.493 e. The van der Waals surface area contributed by atoms with E-state index in [0.29, 0.717) is 23.0 Å². The van der Waals surface area contributed by atoms with Crippen LogP contribution in [0.2, 0.25) is 0 Å². The lowest BCUT2D eigenvalue weighted by Crippen LogP contribution is -2.01. The van der Waals surface area contributed by atoms with Gasteiger partial charge in [-0.3, -0.25) is 9.78 Å². The van der Waals surface area contributed by atoms with E-state index in [-0.39, 0.29) is 16.6 Å². The van der Waals surface area contributed by atoms with E-state index in [0.717, 1.165) is 66.7 Å². The van der Waals surface area contributed by atoms with E-state index in [4.69, 9.17) is 9.47 Å². The molecule has 0 saturated heterocycles. The number of hydrogen-bond donors (Lipinski definition) is 2. The highest BCUT2D eigenvalue weighted by Crippen LogP contribution is 2.31. The SMILES string of the molecule is CCCc1cc(Oc2ccc(F)cc2)ccc1OCCCCCc1cccc(-c2sc(=O)[nH]c2O)c1. The predicted octanol–water partition coefficient (Wildman–Crippen LogP) is 7.48. The summed E-state index contributed by atoms with van der Waals surface area (Å²) in [6.45, 7) is 2.77. The van der Waals surface area contributed by atoms with Crippen LogP contribution < -0.4 is 14.3 Å². The summed E-state index contributed by atoms with van der Waals surface area (Å²) in [6, 6.07) is 19.8. The number of halogens is 1. The van der Waals surface area contributed by atoms with Crippen molar-refractivity contribution in [3.63, 3.8) is 0 Å². The summed E-state index contributed by atoms with van der Waals surface area (Å²) in [5.41, 5.74) is 3.13. The van der Waals surface area contributed by atoms with Crippen LogP contribution in [0.15, 0.2) is 71.5 Å². The number of benzene rings is 3. The molecule has 3 aromatic carbocycles. The van der Waals surface area contributed by atoms with Crippen molar-refractivity contribution in [1.82, 2.24) is 4.98 Å². The van der Waals surface area contributed by atoms with Crippen LogP contribution in [0.4, 0.5) is 4.39 Å². The van der Waals surface area contributed by atoms with Crippen LogP contribution in [0, 0.1) is 5.82 Å². The molecule has 1 aromatic heterocycles. The standard InChI is InChI=1S/C29H30FNO4S/c1-2-7-21-19-25(35-24-13-11-23(30)12-14-24)15-16-26(21)34-17-5-3-4-8-20-9-6-10-22(18-20)27-28(32)31-29(33)36-27/h6,9-16,18-19,32H,2-5,7-8,17H2,1H3,(H,31,33). The van der Waals surface area contributed by atoms with Gasteiger partial charge in [-0.05, 0) is 91.3 Å². The van der Waals surface area contributed by atoms with Gasteiger partial charge in [-0.15, -0.1) is 0 Å². The van der Waals surface area contributed by atoms with Crippen molar-refractivity contribution in [2.75, 3.05) is 6.61 Å². The lowest BCUT2D eigenvalue weighted by Gasteiger charge is -2.14. The number of rotatable bonds is 12. The van der Waals surface area contributed by atoms with Gasteiger partial charge < -0.3 is 14.6 Å². The van der Waals surface area contributed by atoms with E-state index >= 15 is 0 Å². The minimum atomic E-state index is -0.289. The maximum Gasteiger partial charge on any atom is 0.307 e. The predicted molar refractivity (Wildman–Crippen MR) is 142 cm³/mol. The summed E-state index contributed by atoms with van der Waals surface area (Å²) < 4.78 is 25.1.